The van der Waals surface area contributed by atoms with E-state index in [0.717, 1.165) is 5.56 Å². The highest BCUT2D eigenvalue weighted by molar-refractivity contribution is 7.89. The minimum Gasteiger partial charge on any atom is -0.266 e. The highest BCUT2D eigenvalue weighted by atomic mass is 32.2. The second-order valence-corrected chi connectivity index (χ2v) is 5.43. The van der Waals surface area contributed by atoms with Gasteiger partial charge in [0.15, 0.2) is 5.03 Å². The molecule has 0 radical (unpaired) electrons. The Labute approximate surface area is 104 Å². The number of aromatic amines is 1. The van der Waals surface area contributed by atoms with Gasteiger partial charge in [0.25, 0.3) is 10.0 Å². The van der Waals surface area contributed by atoms with Crippen LogP contribution in [0.5, 0.6) is 0 Å². The fourth-order valence-electron chi connectivity index (χ4n) is 1.49. The van der Waals surface area contributed by atoms with Crippen LogP contribution < -0.4 is 4.72 Å². The molecule has 0 saturated carbocycles. The van der Waals surface area contributed by atoms with Crippen molar-refractivity contribution in [2.45, 2.75) is 11.4 Å². The molecule has 0 aliphatic carbocycles. The number of nitrogens with one attached hydrogen (secondary N) is 2. The van der Waals surface area contributed by atoms with Crippen molar-refractivity contribution in [1.29, 1.82) is 0 Å². The second kappa shape index (κ2) is 5.28. The summed E-state index contributed by atoms with van der Waals surface area (Å²) in [5, 5.41) is 5.96. The van der Waals surface area contributed by atoms with E-state index in [1.54, 1.807) is 12.1 Å². The number of rotatable bonds is 5. The molecule has 2 N–H and O–H groups in total. The lowest BCUT2D eigenvalue weighted by atomic mass is 10.1. The Balaban J connectivity index is 1.93. The van der Waals surface area contributed by atoms with Crippen LogP contribution in [0.25, 0.3) is 0 Å². The minimum atomic E-state index is -3.56. The number of hydrogen-bond donors (Lipinski definition) is 2. The molecule has 1 heterocycles. The lowest BCUT2D eigenvalue weighted by Crippen LogP contribution is -2.26. The van der Waals surface area contributed by atoms with E-state index in [0.29, 0.717) is 6.42 Å². The molecule has 0 amide bonds. The Morgan fingerprint density at radius 1 is 1.33 bits per heavy atom. The first-order valence-electron chi connectivity index (χ1n) is 5.31. The molecule has 0 atom stereocenters. The van der Waals surface area contributed by atoms with Crippen molar-refractivity contribution in [3.63, 3.8) is 0 Å². The Hall–Kier alpha value is -1.73. The average Bonchev–Trinajstić information content (AvgIpc) is 2.83. The van der Waals surface area contributed by atoms with Crippen LogP contribution in [0.4, 0.5) is 4.39 Å². The first-order valence-corrected chi connectivity index (χ1v) is 6.80. The maximum atomic E-state index is 12.9. The topological polar surface area (TPSA) is 74.8 Å². The summed E-state index contributed by atoms with van der Waals surface area (Å²) in [7, 11) is -3.56. The smallest absolute Gasteiger partial charge is 0.257 e. The third-order valence-electron chi connectivity index (χ3n) is 2.36. The molecule has 0 saturated heterocycles. The number of hydrogen-bond acceptors (Lipinski definition) is 3. The Morgan fingerprint density at radius 3 is 2.83 bits per heavy atom. The number of sulfonamides is 1. The summed E-state index contributed by atoms with van der Waals surface area (Å²) in [6, 6.07) is 7.43. The highest BCUT2D eigenvalue weighted by Gasteiger charge is 2.14. The molecule has 1 aromatic heterocycles. The SMILES string of the molecule is O=S(=O)(NCCc1cccc(F)c1)c1ccn[nH]1. The van der Waals surface area contributed by atoms with E-state index < -0.39 is 10.0 Å². The van der Waals surface area contributed by atoms with E-state index in [1.165, 1.54) is 24.4 Å². The van der Waals surface area contributed by atoms with E-state index in [4.69, 9.17) is 0 Å². The molecule has 7 heteroatoms. The Kier molecular flexibility index (Phi) is 3.73. The summed E-state index contributed by atoms with van der Waals surface area (Å²) in [5.41, 5.74) is 0.738. The summed E-state index contributed by atoms with van der Waals surface area (Å²) < 4.78 is 38.7. The van der Waals surface area contributed by atoms with E-state index in [2.05, 4.69) is 14.9 Å². The number of H-pyrrole nitrogens is 1. The van der Waals surface area contributed by atoms with Crippen LogP contribution in [-0.2, 0) is 16.4 Å². The molecule has 0 aliphatic heterocycles. The van der Waals surface area contributed by atoms with Crippen LogP contribution in [0.2, 0.25) is 0 Å². The van der Waals surface area contributed by atoms with Crippen molar-refractivity contribution in [3.05, 3.63) is 47.9 Å². The second-order valence-electron chi connectivity index (χ2n) is 3.70. The van der Waals surface area contributed by atoms with Gasteiger partial charge in [0, 0.05) is 6.54 Å². The van der Waals surface area contributed by atoms with Crippen molar-refractivity contribution in [2.24, 2.45) is 0 Å². The van der Waals surface area contributed by atoms with Crippen molar-refractivity contribution in [1.82, 2.24) is 14.9 Å². The fourth-order valence-corrected chi connectivity index (χ4v) is 2.43. The third-order valence-corrected chi connectivity index (χ3v) is 3.75. The van der Waals surface area contributed by atoms with Crippen LogP contribution in [-0.4, -0.2) is 25.2 Å². The van der Waals surface area contributed by atoms with Crippen molar-refractivity contribution in [3.8, 4) is 0 Å². The molecular formula is C11H12FN3O2S. The van der Waals surface area contributed by atoms with Crippen molar-refractivity contribution in [2.75, 3.05) is 6.54 Å². The molecule has 5 nitrogen and oxygen atoms in total. The molecule has 0 unspecified atom stereocenters. The number of aromatic nitrogens is 2. The normalized spacial score (nSPS) is 11.6. The Bertz CT molecular complexity index is 611. The maximum Gasteiger partial charge on any atom is 0.257 e. The summed E-state index contributed by atoms with van der Waals surface area (Å²) in [6.45, 7) is 0.199. The maximum absolute atomic E-state index is 12.9. The van der Waals surface area contributed by atoms with Crippen molar-refractivity contribution >= 4 is 10.0 Å². The molecule has 0 bridgehead atoms. The summed E-state index contributed by atoms with van der Waals surface area (Å²) in [5.74, 6) is -0.330. The van der Waals surface area contributed by atoms with Gasteiger partial charge in [-0.25, -0.2) is 17.5 Å². The number of benzene rings is 1. The van der Waals surface area contributed by atoms with Gasteiger partial charge in [-0.3, -0.25) is 5.10 Å². The molecule has 0 fully saturated rings. The van der Waals surface area contributed by atoms with E-state index in [-0.39, 0.29) is 17.4 Å². The summed E-state index contributed by atoms with van der Waals surface area (Å²) in [4.78, 5) is 0. The predicted molar refractivity (Wildman–Crippen MR) is 63.9 cm³/mol. The minimum absolute atomic E-state index is 0.0155. The van der Waals surface area contributed by atoms with Gasteiger partial charge in [0.1, 0.15) is 5.82 Å². The predicted octanol–water partition coefficient (Wildman–Crippen LogP) is 1.07. The van der Waals surface area contributed by atoms with E-state index >= 15 is 0 Å². The quantitative estimate of drug-likeness (QED) is 0.852. The highest BCUT2D eigenvalue weighted by Crippen LogP contribution is 2.05. The molecule has 0 spiro atoms. The van der Waals surface area contributed by atoms with Gasteiger partial charge in [0.05, 0.1) is 6.20 Å². The van der Waals surface area contributed by atoms with Gasteiger partial charge in [-0.2, -0.15) is 5.10 Å². The van der Waals surface area contributed by atoms with Crippen LogP contribution >= 0.6 is 0 Å². The van der Waals surface area contributed by atoms with Crippen LogP contribution in [0.1, 0.15) is 5.56 Å². The molecule has 0 aliphatic rings. The van der Waals surface area contributed by atoms with Crippen molar-refractivity contribution < 1.29 is 12.8 Å². The zero-order valence-corrected chi connectivity index (χ0v) is 10.2. The molecule has 2 rings (SSSR count). The van der Waals surface area contributed by atoms with E-state index in [9.17, 15) is 12.8 Å². The summed E-state index contributed by atoms with van der Waals surface area (Å²) >= 11 is 0. The third kappa shape index (κ3) is 3.14. The van der Waals surface area contributed by atoms with Gasteiger partial charge >= 0.3 is 0 Å². The molecule has 2 aromatic rings. The largest absolute Gasteiger partial charge is 0.266 e. The standard InChI is InChI=1S/C11H12FN3O2S/c12-10-3-1-2-9(8-10)4-7-14-18(16,17)11-5-6-13-15-11/h1-3,5-6,8,14H,4,7H2,(H,13,15). The first-order chi connectivity index (χ1) is 8.58. The van der Waals surface area contributed by atoms with Gasteiger partial charge in [0.2, 0.25) is 0 Å². The van der Waals surface area contributed by atoms with E-state index in [1.807, 2.05) is 0 Å². The van der Waals surface area contributed by atoms with Gasteiger partial charge < -0.3 is 0 Å². The lowest BCUT2D eigenvalue weighted by molar-refractivity contribution is 0.577. The van der Waals surface area contributed by atoms with Crippen LogP contribution in [0.3, 0.4) is 0 Å². The zero-order valence-electron chi connectivity index (χ0n) is 9.43. The first kappa shape index (κ1) is 12.7. The van der Waals surface area contributed by atoms with Gasteiger partial charge in [-0.15, -0.1) is 0 Å². The van der Waals surface area contributed by atoms with Gasteiger partial charge in [-0.1, -0.05) is 12.1 Å². The zero-order chi connectivity index (χ0) is 13.0. The molecule has 96 valence electrons. The van der Waals surface area contributed by atoms with Crippen LogP contribution in [0, 0.1) is 5.82 Å². The molecular weight excluding hydrogens is 257 g/mol. The summed E-state index contributed by atoms with van der Waals surface area (Å²) in [6.07, 6.45) is 1.78. The van der Waals surface area contributed by atoms with Crippen LogP contribution in [0.15, 0.2) is 41.6 Å². The number of nitrogens with zero attached hydrogens (tertiary/aromatic N) is 1. The Morgan fingerprint density at radius 2 is 2.17 bits per heavy atom. The monoisotopic (exact) mass is 269 g/mol. The lowest BCUT2D eigenvalue weighted by Gasteiger charge is -2.04. The molecule has 1 aromatic carbocycles. The van der Waals surface area contributed by atoms with Gasteiger partial charge in [-0.05, 0) is 30.2 Å². The average molecular weight is 269 g/mol. The molecule has 18 heavy (non-hydrogen) atoms. The number of halogens is 1. The fraction of sp³-hybridized carbons (Fsp3) is 0.182.